The highest BCUT2D eigenvalue weighted by atomic mass is 16.3. The summed E-state index contributed by atoms with van der Waals surface area (Å²) in [6, 6.07) is 12.8. The molecular formula is C15H17NO. The summed E-state index contributed by atoms with van der Waals surface area (Å²) in [5, 5.41) is 9.14. The zero-order valence-corrected chi connectivity index (χ0v) is 9.82. The van der Waals surface area contributed by atoms with Crippen molar-refractivity contribution < 1.29 is 5.11 Å². The van der Waals surface area contributed by atoms with E-state index in [1.54, 1.807) is 0 Å². The fourth-order valence-electron chi connectivity index (χ4n) is 2.82. The zero-order valence-electron chi connectivity index (χ0n) is 9.82. The maximum Gasteiger partial charge on any atom is 0.0830 e. The number of aromatic nitrogens is 1. The molecule has 88 valence electrons. The van der Waals surface area contributed by atoms with Crippen LogP contribution in [-0.2, 0) is 19.4 Å². The largest absolute Gasteiger partial charge is 0.390 e. The van der Waals surface area contributed by atoms with Crippen molar-refractivity contribution in [2.24, 2.45) is 0 Å². The van der Waals surface area contributed by atoms with Crippen LogP contribution >= 0.6 is 0 Å². The van der Waals surface area contributed by atoms with Crippen LogP contribution in [0.3, 0.4) is 0 Å². The van der Waals surface area contributed by atoms with E-state index in [0.29, 0.717) is 5.92 Å². The Hall–Kier alpha value is -1.54. The van der Waals surface area contributed by atoms with Gasteiger partial charge in [0.1, 0.15) is 0 Å². The van der Waals surface area contributed by atoms with Crippen LogP contribution in [0.15, 0.2) is 36.4 Å². The summed E-state index contributed by atoms with van der Waals surface area (Å²) in [5.41, 5.74) is 5.10. The van der Waals surface area contributed by atoms with Crippen molar-refractivity contribution in [2.75, 3.05) is 0 Å². The van der Waals surface area contributed by atoms with Gasteiger partial charge < -0.3 is 10.1 Å². The van der Waals surface area contributed by atoms with Crippen molar-refractivity contribution >= 4 is 0 Å². The molecule has 2 N–H and O–H groups in total. The molecule has 0 spiro atoms. The fourth-order valence-corrected chi connectivity index (χ4v) is 2.82. The molecule has 17 heavy (non-hydrogen) atoms. The topological polar surface area (TPSA) is 36.0 Å². The normalized spacial score (nSPS) is 18.3. The van der Waals surface area contributed by atoms with Gasteiger partial charge in [0.05, 0.1) is 6.61 Å². The molecule has 0 radical (unpaired) electrons. The van der Waals surface area contributed by atoms with Crippen molar-refractivity contribution in [3.63, 3.8) is 0 Å². The van der Waals surface area contributed by atoms with Gasteiger partial charge in [0.25, 0.3) is 0 Å². The Morgan fingerprint density at radius 2 is 2.06 bits per heavy atom. The molecule has 2 nitrogen and oxygen atoms in total. The summed E-state index contributed by atoms with van der Waals surface area (Å²) in [6.07, 6.45) is 3.45. The number of aliphatic hydroxyl groups excluding tert-OH is 1. The summed E-state index contributed by atoms with van der Waals surface area (Å²) < 4.78 is 0. The molecule has 0 amide bonds. The van der Waals surface area contributed by atoms with Gasteiger partial charge >= 0.3 is 0 Å². The minimum absolute atomic E-state index is 0.116. The van der Waals surface area contributed by atoms with Crippen LogP contribution in [0.1, 0.15) is 34.9 Å². The number of aryl methyl sites for hydroxylation is 1. The smallest absolute Gasteiger partial charge is 0.0830 e. The zero-order chi connectivity index (χ0) is 11.7. The Morgan fingerprint density at radius 1 is 1.24 bits per heavy atom. The van der Waals surface area contributed by atoms with Crippen molar-refractivity contribution in [3.05, 3.63) is 58.9 Å². The molecule has 0 bridgehead atoms. The molecule has 3 rings (SSSR count). The molecule has 2 heteroatoms. The van der Waals surface area contributed by atoms with E-state index < -0.39 is 0 Å². The second-order valence-electron chi connectivity index (χ2n) is 4.81. The first-order valence-electron chi connectivity index (χ1n) is 6.22. The Kier molecular flexibility index (Phi) is 2.73. The quantitative estimate of drug-likeness (QED) is 0.831. The molecule has 0 saturated heterocycles. The third kappa shape index (κ3) is 2.01. The lowest BCUT2D eigenvalue weighted by Crippen LogP contribution is -1.97. The summed E-state index contributed by atoms with van der Waals surface area (Å²) >= 11 is 0. The van der Waals surface area contributed by atoms with Gasteiger partial charge in [0, 0.05) is 11.4 Å². The number of aromatic amines is 1. The molecule has 0 fully saturated rings. The number of H-pyrrole nitrogens is 1. The SMILES string of the molecule is OCc1cc2c([nH]1)CCC2Cc1ccccc1. The number of nitrogens with one attached hydrogen (secondary N) is 1. The maximum absolute atomic E-state index is 9.14. The van der Waals surface area contributed by atoms with Crippen LogP contribution in [0.4, 0.5) is 0 Å². The average Bonchev–Trinajstić information content (AvgIpc) is 2.92. The first-order valence-corrected chi connectivity index (χ1v) is 6.22. The van der Waals surface area contributed by atoms with Crippen LogP contribution in [0.2, 0.25) is 0 Å². The Balaban J connectivity index is 1.81. The minimum atomic E-state index is 0.116. The third-order valence-corrected chi connectivity index (χ3v) is 3.67. The highest BCUT2D eigenvalue weighted by Gasteiger charge is 2.24. The van der Waals surface area contributed by atoms with Crippen LogP contribution < -0.4 is 0 Å². The second kappa shape index (κ2) is 4.38. The number of rotatable bonds is 3. The second-order valence-corrected chi connectivity index (χ2v) is 4.81. The Bertz CT molecular complexity index is 501. The average molecular weight is 227 g/mol. The molecule has 2 aromatic rings. The fraction of sp³-hybridized carbons (Fsp3) is 0.333. The van der Waals surface area contributed by atoms with Crippen molar-refractivity contribution in [3.8, 4) is 0 Å². The molecule has 1 aliphatic rings. The van der Waals surface area contributed by atoms with Gasteiger partial charge in [-0.3, -0.25) is 0 Å². The van der Waals surface area contributed by atoms with Crippen LogP contribution in [0, 0.1) is 0 Å². The number of aliphatic hydroxyl groups is 1. The van der Waals surface area contributed by atoms with E-state index in [2.05, 4.69) is 41.4 Å². The lowest BCUT2D eigenvalue weighted by molar-refractivity contribution is 0.277. The number of benzene rings is 1. The van der Waals surface area contributed by atoms with E-state index in [0.717, 1.165) is 18.5 Å². The van der Waals surface area contributed by atoms with Crippen LogP contribution in [0.5, 0.6) is 0 Å². The maximum atomic E-state index is 9.14. The van der Waals surface area contributed by atoms with Gasteiger partial charge in [-0.1, -0.05) is 30.3 Å². The molecule has 1 aromatic heterocycles. The molecular weight excluding hydrogens is 210 g/mol. The van der Waals surface area contributed by atoms with E-state index in [1.807, 2.05) is 0 Å². The summed E-state index contributed by atoms with van der Waals surface area (Å²) in [5.74, 6) is 0.615. The van der Waals surface area contributed by atoms with Crippen molar-refractivity contribution in [2.45, 2.75) is 31.8 Å². The van der Waals surface area contributed by atoms with Crippen LogP contribution in [-0.4, -0.2) is 10.1 Å². The molecule has 1 atom stereocenters. The standard InChI is InChI=1S/C15H17NO/c17-10-13-9-14-12(6-7-15(14)16-13)8-11-4-2-1-3-5-11/h1-5,9,12,16-17H,6-8,10H2. The van der Waals surface area contributed by atoms with E-state index in [-0.39, 0.29) is 6.61 Å². The lowest BCUT2D eigenvalue weighted by Gasteiger charge is -2.09. The van der Waals surface area contributed by atoms with Crippen molar-refractivity contribution in [1.29, 1.82) is 0 Å². The van der Waals surface area contributed by atoms with Gasteiger partial charge in [-0.05, 0) is 42.4 Å². The predicted octanol–water partition coefficient (Wildman–Crippen LogP) is 2.78. The number of hydrogen-bond acceptors (Lipinski definition) is 1. The van der Waals surface area contributed by atoms with Gasteiger partial charge in [0.2, 0.25) is 0 Å². The summed E-state index contributed by atoms with van der Waals surface area (Å²) in [6.45, 7) is 0.116. The lowest BCUT2D eigenvalue weighted by atomic mass is 9.95. The molecule has 0 aliphatic heterocycles. The van der Waals surface area contributed by atoms with E-state index in [1.165, 1.54) is 23.2 Å². The number of hydrogen-bond donors (Lipinski definition) is 2. The minimum Gasteiger partial charge on any atom is -0.390 e. The van der Waals surface area contributed by atoms with E-state index >= 15 is 0 Å². The Morgan fingerprint density at radius 3 is 2.82 bits per heavy atom. The third-order valence-electron chi connectivity index (χ3n) is 3.67. The Labute approximate surface area is 101 Å². The van der Waals surface area contributed by atoms with Gasteiger partial charge in [0.15, 0.2) is 0 Å². The molecule has 1 heterocycles. The highest BCUT2D eigenvalue weighted by molar-refractivity contribution is 5.35. The molecule has 0 saturated carbocycles. The predicted molar refractivity (Wildman–Crippen MR) is 67.9 cm³/mol. The first-order chi connectivity index (χ1) is 8.36. The molecule has 1 aromatic carbocycles. The molecule has 1 unspecified atom stereocenters. The molecule has 1 aliphatic carbocycles. The first kappa shape index (κ1) is 10.6. The summed E-state index contributed by atoms with van der Waals surface area (Å²) in [4.78, 5) is 3.31. The van der Waals surface area contributed by atoms with Gasteiger partial charge in [-0.15, -0.1) is 0 Å². The van der Waals surface area contributed by atoms with E-state index in [4.69, 9.17) is 5.11 Å². The highest BCUT2D eigenvalue weighted by Crippen LogP contribution is 2.35. The van der Waals surface area contributed by atoms with Gasteiger partial charge in [-0.2, -0.15) is 0 Å². The summed E-state index contributed by atoms with van der Waals surface area (Å²) in [7, 11) is 0. The van der Waals surface area contributed by atoms with Crippen LogP contribution in [0.25, 0.3) is 0 Å². The monoisotopic (exact) mass is 227 g/mol. The number of fused-ring (bicyclic) bond motifs is 1. The van der Waals surface area contributed by atoms with E-state index in [9.17, 15) is 0 Å². The van der Waals surface area contributed by atoms with Crippen molar-refractivity contribution in [1.82, 2.24) is 4.98 Å². The van der Waals surface area contributed by atoms with Gasteiger partial charge in [-0.25, -0.2) is 0 Å².